The van der Waals surface area contributed by atoms with Gasteiger partial charge in [-0.2, -0.15) is 0 Å². The minimum atomic E-state index is -1.58. The summed E-state index contributed by atoms with van der Waals surface area (Å²) in [6.07, 6.45) is 0.697. The van der Waals surface area contributed by atoms with E-state index in [0.29, 0.717) is 5.56 Å². The Labute approximate surface area is 151 Å². The summed E-state index contributed by atoms with van der Waals surface area (Å²) in [6.45, 7) is 0. The van der Waals surface area contributed by atoms with Gasteiger partial charge in [-0.05, 0) is 23.8 Å². The molecule has 1 aromatic rings. The standard InChI is InChI=1S/C15H13NO7S2/c1-23-10-4-7(2-3-9(10)17)5-11-13(20)16(15(24)25-11)8(14(21)22)6-12(18)19/h2-5,8,17H,6H2,1H3,(H,18,19)(H,21,22)/b11-5+/t8-/m0/s1. The molecule has 8 nitrogen and oxygen atoms in total. The maximum atomic E-state index is 12.5. The first-order valence-corrected chi connectivity index (χ1v) is 8.05. The average Bonchev–Trinajstić information content (AvgIpc) is 2.80. The first-order chi connectivity index (χ1) is 11.7. The van der Waals surface area contributed by atoms with Crippen LogP contribution in [0.15, 0.2) is 23.1 Å². The first-order valence-electron chi connectivity index (χ1n) is 6.83. The molecule has 1 aliphatic rings. The third-order valence-electron chi connectivity index (χ3n) is 3.29. The largest absolute Gasteiger partial charge is 0.504 e. The minimum Gasteiger partial charge on any atom is -0.504 e. The van der Waals surface area contributed by atoms with Crippen molar-refractivity contribution >= 4 is 52.2 Å². The van der Waals surface area contributed by atoms with Gasteiger partial charge in [0.05, 0.1) is 18.4 Å². The van der Waals surface area contributed by atoms with Gasteiger partial charge in [0.15, 0.2) is 11.5 Å². The molecule has 0 spiro atoms. The molecule has 132 valence electrons. The van der Waals surface area contributed by atoms with Crippen LogP contribution in [0.3, 0.4) is 0 Å². The number of aliphatic carboxylic acids is 2. The zero-order valence-corrected chi connectivity index (χ0v) is 14.5. The van der Waals surface area contributed by atoms with Crippen LogP contribution in [0, 0.1) is 0 Å². The molecule has 0 unspecified atom stereocenters. The van der Waals surface area contributed by atoms with Gasteiger partial charge in [-0.15, -0.1) is 0 Å². The van der Waals surface area contributed by atoms with E-state index in [4.69, 9.17) is 22.1 Å². The minimum absolute atomic E-state index is 0.0318. The van der Waals surface area contributed by atoms with Crippen molar-refractivity contribution in [3.05, 3.63) is 28.7 Å². The number of ether oxygens (including phenoxy) is 1. The maximum absolute atomic E-state index is 12.5. The quantitative estimate of drug-likeness (QED) is 0.495. The molecule has 0 aliphatic carbocycles. The second-order valence-electron chi connectivity index (χ2n) is 4.93. The van der Waals surface area contributed by atoms with Gasteiger partial charge in [0.1, 0.15) is 10.4 Å². The summed E-state index contributed by atoms with van der Waals surface area (Å²) in [5.41, 5.74) is 0.528. The van der Waals surface area contributed by atoms with E-state index in [0.717, 1.165) is 16.7 Å². The number of nitrogens with zero attached hydrogens (tertiary/aromatic N) is 1. The summed E-state index contributed by atoms with van der Waals surface area (Å²) < 4.78 is 4.95. The number of methoxy groups -OCH3 is 1. The van der Waals surface area contributed by atoms with Crippen molar-refractivity contribution in [2.24, 2.45) is 0 Å². The third kappa shape index (κ3) is 4.09. The van der Waals surface area contributed by atoms with E-state index in [1.807, 2.05) is 0 Å². The Morgan fingerprint density at radius 3 is 2.64 bits per heavy atom. The SMILES string of the molecule is COc1cc(/C=C2/SC(=S)N([C@@H](CC(=O)O)C(=O)O)C2=O)ccc1O. The zero-order valence-electron chi connectivity index (χ0n) is 12.8. The number of aromatic hydroxyl groups is 1. The van der Waals surface area contributed by atoms with Crippen LogP contribution in [0.1, 0.15) is 12.0 Å². The molecule has 1 aromatic carbocycles. The number of carboxylic acid groups (broad SMARTS) is 2. The van der Waals surface area contributed by atoms with E-state index in [-0.39, 0.29) is 20.7 Å². The van der Waals surface area contributed by atoms with Crippen LogP contribution >= 0.6 is 24.0 Å². The highest BCUT2D eigenvalue weighted by molar-refractivity contribution is 8.26. The Morgan fingerprint density at radius 2 is 2.08 bits per heavy atom. The number of phenols is 1. The predicted molar refractivity (Wildman–Crippen MR) is 93.3 cm³/mol. The van der Waals surface area contributed by atoms with Crippen molar-refractivity contribution < 1.29 is 34.4 Å². The van der Waals surface area contributed by atoms with Crippen molar-refractivity contribution in [3.63, 3.8) is 0 Å². The number of carbonyl (C=O) groups excluding carboxylic acids is 1. The summed E-state index contributed by atoms with van der Waals surface area (Å²) in [4.78, 5) is 35.6. The molecule has 1 aliphatic heterocycles. The Morgan fingerprint density at radius 1 is 1.40 bits per heavy atom. The Balaban J connectivity index is 2.34. The van der Waals surface area contributed by atoms with Crippen molar-refractivity contribution in [3.8, 4) is 11.5 Å². The summed E-state index contributed by atoms with van der Waals surface area (Å²) >= 11 is 5.91. The summed E-state index contributed by atoms with van der Waals surface area (Å²) in [5, 5.41) is 27.6. The van der Waals surface area contributed by atoms with E-state index < -0.39 is 30.3 Å². The monoisotopic (exact) mass is 383 g/mol. The molecule has 2 rings (SSSR count). The first kappa shape index (κ1) is 18.7. The number of carbonyl (C=O) groups is 3. The highest BCUT2D eigenvalue weighted by Gasteiger charge is 2.41. The maximum Gasteiger partial charge on any atom is 0.327 e. The number of amides is 1. The van der Waals surface area contributed by atoms with E-state index in [1.165, 1.54) is 31.4 Å². The molecule has 0 bridgehead atoms. The normalized spacial score (nSPS) is 17.0. The van der Waals surface area contributed by atoms with Gasteiger partial charge in [-0.3, -0.25) is 14.5 Å². The van der Waals surface area contributed by atoms with Crippen LogP contribution in [0.4, 0.5) is 0 Å². The summed E-state index contributed by atoms with van der Waals surface area (Å²) in [5.74, 6) is -3.35. The second-order valence-corrected chi connectivity index (χ2v) is 6.61. The molecule has 3 N–H and O–H groups in total. The topological polar surface area (TPSA) is 124 Å². The Kier molecular flexibility index (Phi) is 5.65. The molecule has 0 radical (unpaired) electrons. The van der Waals surface area contributed by atoms with E-state index >= 15 is 0 Å². The molecule has 10 heteroatoms. The van der Waals surface area contributed by atoms with Crippen molar-refractivity contribution in [1.82, 2.24) is 4.90 Å². The number of phenolic OH excluding ortho intramolecular Hbond substituents is 1. The molecule has 1 saturated heterocycles. The van der Waals surface area contributed by atoms with Crippen molar-refractivity contribution in [2.75, 3.05) is 7.11 Å². The summed E-state index contributed by atoms with van der Waals surface area (Å²) in [6, 6.07) is 2.84. The van der Waals surface area contributed by atoms with Gasteiger partial charge >= 0.3 is 11.9 Å². The van der Waals surface area contributed by atoms with Crippen molar-refractivity contribution in [2.45, 2.75) is 12.5 Å². The van der Waals surface area contributed by atoms with E-state index in [9.17, 15) is 24.6 Å². The lowest BCUT2D eigenvalue weighted by Crippen LogP contribution is -2.45. The van der Waals surface area contributed by atoms with Gasteiger partial charge < -0.3 is 20.1 Å². The summed E-state index contributed by atoms with van der Waals surface area (Å²) in [7, 11) is 1.38. The van der Waals surface area contributed by atoms with Gasteiger partial charge in [-0.25, -0.2) is 4.79 Å². The number of rotatable bonds is 6. The number of thiocarbonyl (C=S) groups is 1. The number of hydrogen-bond donors (Lipinski definition) is 3. The lowest BCUT2D eigenvalue weighted by atomic mass is 10.1. The van der Waals surface area contributed by atoms with Crippen LogP contribution in [-0.2, 0) is 14.4 Å². The molecule has 0 aromatic heterocycles. The lowest BCUT2D eigenvalue weighted by Gasteiger charge is -2.21. The third-order valence-corrected chi connectivity index (χ3v) is 4.62. The molecular weight excluding hydrogens is 370 g/mol. The highest BCUT2D eigenvalue weighted by Crippen LogP contribution is 2.36. The number of hydrogen-bond acceptors (Lipinski definition) is 7. The average molecular weight is 383 g/mol. The fourth-order valence-corrected chi connectivity index (χ4v) is 3.50. The molecule has 1 amide bonds. The van der Waals surface area contributed by atoms with E-state index in [2.05, 4.69) is 0 Å². The number of carboxylic acids is 2. The fourth-order valence-electron chi connectivity index (χ4n) is 2.14. The molecule has 1 atom stereocenters. The van der Waals surface area contributed by atoms with Crippen LogP contribution in [0.2, 0.25) is 0 Å². The van der Waals surface area contributed by atoms with E-state index in [1.54, 1.807) is 0 Å². The molecule has 0 saturated carbocycles. The molecule has 25 heavy (non-hydrogen) atoms. The van der Waals surface area contributed by atoms with Crippen LogP contribution < -0.4 is 4.74 Å². The second kappa shape index (κ2) is 7.53. The van der Waals surface area contributed by atoms with Crippen LogP contribution in [-0.4, -0.2) is 55.5 Å². The molecular formula is C15H13NO7S2. The molecule has 1 heterocycles. The van der Waals surface area contributed by atoms with Crippen LogP contribution in [0.25, 0.3) is 6.08 Å². The van der Waals surface area contributed by atoms with Gasteiger partial charge in [-0.1, -0.05) is 30.0 Å². The smallest absolute Gasteiger partial charge is 0.327 e. The van der Waals surface area contributed by atoms with Gasteiger partial charge in [0.2, 0.25) is 0 Å². The predicted octanol–water partition coefficient (Wildman–Crippen LogP) is 1.53. The Bertz CT molecular complexity index is 790. The van der Waals surface area contributed by atoms with Gasteiger partial charge in [0.25, 0.3) is 5.91 Å². The lowest BCUT2D eigenvalue weighted by molar-refractivity contribution is -0.150. The highest BCUT2D eigenvalue weighted by atomic mass is 32.2. The zero-order chi connectivity index (χ0) is 18.7. The van der Waals surface area contributed by atoms with Gasteiger partial charge in [0, 0.05) is 0 Å². The van der Waals surface area contributed by atoms with Crippen molar-refractivity contribution in [1.29, 1.82) is 0 Å². The number of benzene rings is 1. The fraction of sp³-hybridized carbons (Fsp3) is 0.200. The van der Waals surface area contributed by atoms with Crippen LogP contribution in [0.5, 0.6) is 11.5 Å². The Hall–Kier alpha value is -2.59. The number of thioether (sulfide) groups is 1. The molecule has 1 fully saturated rings.